The van der Waals surface area contributed by atoms with E-state index in [9.17, 15) is 13.2 Å². The van der Waals surface area contributed by atoms with Crippen LogP contribution in [0.5, 0.6) is 0 Å². The van der Waals surface area contributed by atoms with E-state index in [1.54, 1.807) is 48.5 Å². The van der Waals surface area contributed by atoms with Gasteiger partial charge in [-0.05, 0) is 55.5 Å². The van der Waals surface area contributed by atoms with Gasteiger partial charge in [-0.1, -0.05) is 67.1 Å². The number of aryl methyl sites for hydroxylation is 1. The minimum absolute atomic E-state index is 0.116. The number of rotatable bonds is 6. The molecule has 0 N–H and O–H groups in total. The number of piperidine rings is 1. The molecule has 33 heavy (non-hydrogen) atoms. The van der Waals surface area contributed by atoms with Crippen molar-refractivity contribution in [3.8, 4) is 0 Å². The molecule has 3 aromatic carbocycles. The van der Waals surface area contributed by atoms with Gasteiger partial charge in [0.05, 0.1) is 22.7 Å². The second kappa shape index (κ2) is 9.79. The zero-order valence-corrected chi connectivity index (χ0v) is 20.0. The van der Waals surface area contributed by atoms with Crippen LogP contribution in [0.15, 0.2) is 83.8 Å². The van der Waals surface area contributed by atoms with E-state index in [0.717, 1.165) is 24.0 Å². The molecule has 1 atom stereocenters. The molecule has 1 aliphatic rings. The van der Waals surface area contributed by atoms with Gasteiger partial charge in [0.15, 0.2) is 0 Å². The summed E-state index contributed by atoms with van der Waals surface area (Å²) in [6.45, 7) is 5.59. The molecule has 0 bridgehead atoms. The molecule has 172 valence electrons. The second-order valence-electron chi connectivity index (χ2n) is 8.83. The van der Waals surface area contributed by atoms with Crippen LogP contribution in [0, 0.1) is 12.8 Å². The van der Waals surface area contributed by atoms with Crippen molar-refractivity contribution in [3.05, 3.63) is 95.6 Å². The molecule has 1 unspecified atom stereocenters. The molecule has 0 spiro atoms. The third-order valence-electron chi connectivity index (χ3n) is 6.13. The van der Waals surface area contributed by atoms with Crippen molar-refractivity contribution in [2.75, 3.05) is 17.4 Å². The summed E-state index contributed by atoms with van der Waals surface area (Å²) in [5.74, 6) is 0.320. The lowest BCUT2D eigenvalue weighted by molar-refractivity contribution is 0.0684. The van der Waals surface area contributed by atoms with Crippen molar-refractivity contribution < 1.29 is 13.2 Å². The Balaban J connectivity index is 1.79. The molecule has 4 rings (SSSR count). The molecule has 1 saturated heterocycles. The lowest BCUT2D eigenvalue weighted by Gasteiger charge is -2.33. The Morgan fingerprint density at radius 1 is 0.970 bits per heavy atom. The summed E-state index contributed by atoms with van der Waals surface area (Å²) in [6, 6.07) is 23.3. The summed E-state index contributed by atoms with van der Waals surface area (Å²) in [7, 11) is -3.90. The van der Waals surface area contributed by atoms with Gasteiger partial charge in [-0.25, -0.2) is 8.42 Å². The van der Waals surface area contributed by atoms with Crippen molar-refractivity contribution in [2.24, 2.45) is 5.92 Å². The first kappa shape index (κ1) is 23.1. The molecular formula is C27H30N2O3S. The molecule has 0 radical (unpaired) electrons. The van der Waals surface area contributed by atoms with E-state index in [2.05, 4.69) is 6.92 Å². The second-order valence-corrected chi connectivity index (χ2v) is 10.7. The molecule has 5 nitrogen and oxygen atoms in total. The number of hydrogen-bond acceptors (Lipinski definition) is 3. The quantitative estimate of drug-likeness (QED) is 0.502. The van der Waals surface area contributed by atoms with E-state index in [1.807, 2.05) is 42.2 Å². The number of para-hydroxylation sites is 1. The minimum atomic E-state index is -3.90. The van der Waals surface area contributed by atoms with E-state index in [1.165, 1.54) is 4.31 Å². The highest BCUT2D eigenvalue weighted by atomic mass is 32.2. The number of hydrogen-bond donors (Lipinski definition) is 0. The van der Waals surface area contributed by atoms with Gasteiger partial charge in [0.25, 0.3) is 15.9 Å². The lowest BCUT2D eigenvalue weighted by atomic mass is 9.99. The molecule has 1 fully saturated rings. The summed E-state index contributed by atoms with van der Waals surface area (Å²) >= 11 is 0. The molecule has 0 aromatic heterocycles. The Bertz CT molecular complexity index is 1210. The van der Waals surface area contributed by atoms with Gasteiger partial charge < -0.3 is 4.90 Å². The summed E-state index contributed by atoms with van der Waals surface area (Å²) in [4.78, 5) is 15.6. The fourth-order valence-electron chi connectivity index (χ4n) is 4.30. The topological polar surface area (TPSA) is 57.7 Å². The van der Waals surface area contributed by atoms with Crippen molar-refractivity contribution >= 4 is 21.6 Å². The average Bonchev–Trinajstić information content (AvgIpc) is 2.83. The monoisotopic (exact) mass is 462 g/mol. The van der Waals surface area contributed by atoms with E-state index < -0.39 is 10.0 Å². The van der Waals surface area contributed by atoms with Crippen LogP contribution in [-0.2, 0) is 16.6 Å². The Morgan fingerprint density at radius 3 is 2.33 bits per heavy atom. The number of nitrogens with zero attached hydrogens (tertiary/aromatic N) is 2. The van der Waals surface area contributed by atoms with Gasteiger partial charge in [-0.15, -0.1) is 0 Å². The number of amides is 1. The van der Waals surface area contributed by atoms with Crippen LogP contribution in [0.2, 0.25) is 0 Å². The Kier molecular flexibility index (Phi) is 6.84. The first-order valence-corrected chi connectivity index (χ1v) is 12.8. The minimum Gasteiger partial charge on any atom is -0.338 e. The number of anilines is 1. The largest absolute Gasteiger partial charge is 0.338 e. The van der Waals surface area contributed by atoms with Crippen molar-refractivity contribution in [1.29, 1.82) is 0 Å². The Hall–Kier alpha value is -3.12. The van der Waals surface area contributed by atoms with E-state index in [4.69, 9.17) is 0 Å². The summed E-state index contributed by atoms with van der Waals surface area (Å²) < 4.78 is 29.1. The molecule has 3 aromatic rings. The maximum atomic E-state index is 13.9. The van der Waals surface area contributed by atoms with Crippen LogP contribution in [0.4, 0.5) is 5.69 Å². The van der Waals surface area contributed by atoms with Gasteiger partial charge in [-0.2, -0.15) is 0 Å². The number of benzene rings is 3. The number of sulfonamides is 1. The standard InChI is InChI=1S/C27H30N2O3S/c1-21-14-16-24(17-15-21)33(31,32)29(20-23-10-4-3-5-11-23)26-13-7-6-12-25(26)27(30)28-18-8-9-22(2)19-28/h3-7,10-17,22H,8-9,18-20H2,1-2H3. The Labute approximate surface area is 196 Å². The van der Waals surface area contributed by atoms with Crippen molar-refractivity contribution in [3.63, 3.8) is 0 Å². The predicted octanol–water partition coefficient (Wildman–Crippen LogP) is 5.26. The van der Waals surface area contributed by atoms with Gasteiger partial charge in [-0.3, -0.25) is 9.10 Å². The molecule has 6 heteroatoms. The number of carbonyl (C=O) groups is 1. The van der Waals surface area contributed by atoms with Crippen LogP contribution in [0.3, 0.4) is 0 Å². The van der Waals surface area contributed by atoms with E-state index >= 15 is 0 Å². The number of carbonyl (C=O) groups excluding carboxylic acids is 1. The maximum Gasteiger partial charge on any atom is 0.264 e. The van der Waals surface area contributed by atoms with Crippen LogP contribution in [0.1, 0.15) is 41.3 Å². The lowest BCUT2D eigenvalue weighted by Crippen LogP contribution is -2.40. The highest BCUT2D eigenvalue weighted by Gasteiger charge is 2.31. The van der Waals surface area contributed by atoms with Crippen molar-refractivity contribution in [1.82, 2.24) is 4.90 Å². The van der Waals surface area contributed by atoms with Gasteiger partial charge in [0.1, 0.15) is 0 Å². The summed E-state index contributed by atoms with van der Waals surface area (Å²) in [5, 5.41) is 0. The normalized spacial score (nSPS) is 16.4. The first-order chi connectivity index (χ1) is 15.9. The average molecular weight is 463 g/mol. The molecular weight excluding hydrogens is 432 g/mol. The molecule has 1 amide bonds. The third-order valence-corrected chi connectivity index (χ3v) is 7.90. The van der Waals surface area contributed by atoms with E-state index in [-0.39, 0.29) is 17.3 Å². The fraction of sp³-hybridized carbons (Fsp3) is 0.296. The van der Waals surface area contributed by atoms with Crippen LogP contribution >= 0.6 is 0 Å². The maximum absolute atomic E-state index is 13.9. The van der Waals surface area contributed by atoms with Crippen LogP contribution in [-0.4, -0.2) is 32.3 Å². The van der Waals surface area contributed by atoms with Crippen LogP contribution in [0.25, 0.3) is 0 Å². The van der Waals surface area contributed by atoms with Gasteiger partial charge >= 0.3 is 0 Å². The highest BCUT2D eigenvalue weighted by molar-refractivity contribution is 7.92. The molecule has 0 aliphatic carbocycles. The zero-order valence-electron chi connectivity index (χ0n) is 19.1. The van der Waals surface area contributed by atoms with E-state index in [0.29, 0.717) is 30.3 Å². The predicted molar refractivity (Wildman–Crippen MR) is 132 cm³/mol. The summed E-state index contributed by atoms with van der Waals surface area (Å²) in [6.07, 6.45) is 2.07. The summed E-state index contributed by atoms with van der Waals surface area (Å²) in [5.41, 5.74) is 2.66. The van der Waals surface area contributed by atoms with Gasteiger partial charge in [0.2, 0.25) is 0 Å². The fourth-order valence-corrected chi connectivity index (χ4v) is 5.77. The first-order valence-electron chi connectivity index (χ1n) is 11.4. The number of likely N-dealkylation sites (tertiary alicyclic amines) is 1. The third kappa shape index (κ3) is 5.11. The SMILES string of the molecule is Cc1ccc(S(=O)(=O)N(Cc2ccccc2)c2ccccc2C(=O)N2CCCC(C)C2)cc1. The molecule has 0 saturated carbocycles. The molecule has 1 heterocycles. The zero-order chi connectivity index (χ0) is 23.4. The van der Waals surface area contributed by atoms with Crippen LogP contribution < -0.4 is 4.31 Å². The Morgan fingerprint density at radius 2 is 1.64 bits per heavy atom. The van der Waals surface area contributed by atoms with Gasteiger partial charge in [0, 0.05) is 13.1 Å². The molecule has 1 aliphatic heterocycles. The smallest absolute Gasteiger partial charge is 0.264 e. The van der Waals surface area contributed by atoms with Crippen molar-refractivity contribution in [2.45, 2.75) is 38.1 Å². The highest BCUT2D eigenvalue weighted by Crippen LogP contribution is 2.31.